The molecule has 0 fully saturated rings. The number of rotatable bonds is 3. The zero-order valence-corrected chi connectivity index (χ0v) is 10.6. The third-order valence-electron chi connectivity index (χ3n) is 2.22. The van der Waals surface area contributed by atoms with E-state index >= 15 is 0 Å². The zero-order valence-electron chi connectivity index (χ0n) is 8.23. The van der Waals surface area contributed by atoms with Crippen molar-refractivity contribution in [1.82, 2.24) is 4.98 Å². The van der Waals surface area contributed by atoms with Crippen LogP contribution < -0.4 is 0 Å². The summed E-state index contributed by atoms with van der Waals surface area (Å²) in [5, 5.41) is 9.92. The monoisotopic (exact) mass is 301 g/mol. The summed E-state index contributed by atoms with van der Waals surface area (Å²) in [4.78, 5) is 4.85. The van der Waals surface area contributed by atoms with E-state index in [0.29, 0.717) is 16.5 Å². The fourth-order valence-electron chi connectivity index (χ4n) is 1.42. The maximum absolute atomic E-state index is 13.7. The number of aliphatic hydroxyl groups is 1. The standard InChI is InChI=1S/C11H9BrFNOS/c12-9-3-1-2-8(11(9)13)10(15)4-7-5-14-6-16-7/h1-3,5-6,10,15H,4H2. The lowest BCUT2D eigenvalue weighted by Crippen LogP contribution is -2.03. The highest BCUT2D eigenvalue weighted by molar-refractivity contribution is 9.10. The second kappa shape index (κ2) is 5.03. The van der Waals surface area contributed by atoms with Gasteiger partial charge in [0.1, 0.15) is 5.82 Å². The molecule has 0 saturated carbocycles. The molecule has 0 amide bonds. The van der Waals surface area contributed by atoms with Crippen LogP contribution in [0.3, 0.4) is 0 Å². The number of nitrogens with zero attached hydrogens (tertiary/aromatic N) is 1. The Hall–Kier alpha value is -0.780. The Labute approximate surface area is 105 Å². The molecule has 0 bridgehead atoms. The second-order valence-electron chi connectivity index (χ2n) is 3.33. The van der Waals surface area contributed by atoms with Crippen molar-refractivity contribution in [3.63, 3.8) is 0 Å². The fraction of sp³-hybridized carbons (Fsp3) is 0.182. The average Bonchev–Trinajstić information content (AvgIpc) is 2.74. The van der Waals surface area contributed by atoms with Gasteiger partial charge in [0.15, 0.2) is 0 Å². The predicted molar refractivity (Wildman–Crippen MR) is 64.9 cm³/mol. The molecular weight excluding hydrogens is 293 g/mol. The Balaban J connectivity index is 2.21. The van der Waals surface area contributed by atoms with Crippen LogP contribution in [-0.4, -0.2) is 10.1 Å². The summed E-state index contributed by atoms with van der Waals surface area (Å²) in [5.41, 5.74) is 2.00. The molecule has 0 aliphatic carbocycles. The molecule has 1 N–H and O–H groups in total. The van der Waals surface area contributed by atoms with Gasteiger partial charge in [0.2, 0.25) is 0 Å². The van der Waals surface area contributed by atoms with Crippen LogP contribution in [0.25, 0.3) is 0 Å². The van der Waals surface area contributed by atoms with E-state index in [1.54, 1.807) is 29.9 Å². The van der Waals surface area contributed by atoms with Crippen LogP contribution in [-0.2, 0) is 6.42 Å². The van der Waals surface area contributed by atoms with Crippen LogP contribution in [0.4, 0.5) is 4.39 Å². The molecule has 2 aromatic rings. The molecule has 0 spiro atoms. The summed E-state index contributed by atoms with van der Waals surface area (Å²) in [7, 11) is 0. The third-order valence-corrected chi connectivity index (χ3v) is 3.63. The van der Waals surface area contributed by atoms with Gasteiger partial charge in [0.05, 0.1) is 16.1 Å². The van der Waals surface area contributed by atoms with Crippen LogP contribution in [0.5, 0.6) is 0 Å². The molecule has 84 valence electrons. The molecule has 1 heterocycles. The highest BCUT2D eigenvalue weighted by Gasteiger charge is 2.15. The number of thiazole rings is 1. The quantitative estimate of drug-likeness (QED) is 0.943. The molecule has 0 radical (unpaired) electrons. The van der Waals surface area contributed by atoms with Crippen LogP contribution in [0, 0.1) is 5.82 Å². The number of hydrogen-bond acceptors (Lipinski definition) is 3. The Bertz CT molecular complexity index is 475. The molecule has 5 heteroatoms. The molecule has 16 heavy (non-hydrogen) atoms. The highest BCUT2D eigenvalue weighted by atomic mass is 79.9. The Morgan fingerprint density at radius 3 is 3.00 bits per heavy atom. The van der Waals surface area contributed by atoms with Crippen molar-refractivity contribution < 1.29 is 9.50 Å². The maximum atomic E-state index is 13.7. The van der Waals surface area contributed by atoms with E-state index in [9.17, 15) is 9.50 Å². The van der Waals surface area contributed by atoms with Gasteiger partial charge >= 0.3 is 0 Å². The molecular formula is C11H9BrFNOS. The van der Waals surface area contributed by atoms with E-state index in [0.717, 1.165) is 4.88 Å². The van der Waals surface area contributed by atoms with Crippen LogP contribution in [0.1, 0.15) is 16.5 Å². The van der Waals surface area contributed by atoms with Crippen molar-refractivity contribution in [2.45, 2.75) is 12.5 Å². The fourth-order valence-corrected chi connectivity index (χ4v) is 2.44. The van der Waals surface area contributed by atoms with Gasteiger partial charge in [-0.2, -0.15) is 0 Å². The Kier molecular flexibility index (Phi) is 3.68. The first-order chi connectivity index (χ1) is 7.68. The van der Waals surface area contributed by atoms with Gasteiger partial charge in [-0.3, -0.25) is 4.98 Å². The molecule has 1 aromatic carbocycles. The molecule has 1 atom stereocenters. The molecule has 1 aromatic heterocycles. The van der Waals surface area contributed by atoms with Crippen LogP contribution >= 0.6 is 27.3 Å². The molecule has 2 nitrogen and oxygen atoms in total. The third kappa shape index (κ3) is 2.48. The van der Waals surface area contributed by atoms with Crippen molar-refractivity contribution >= 4 is 27.3 Å². The lowest BCUT2D eigenvalue weighted by molar-refractivity contribution is 0.174. The lowest BCUT2D eigenvalue weighted by Gasteiger charge is -2.11. The number of benzene rings is 1. The zero-order chi connectivity index (χ0) is 11.5. The van der Waals surface area contributed by atoms with Crippen LogP contribution in [0.2, 0.25) is 0 Å². The van der Waals surface area contributed by atoms with Crippen molar-refractivity contribution in [2.75, 3.05) is 0 Å². The minimum atomic E-state index is -0.835. The summed E-state index contributed by atoms with van der Waals surface area (Å²) < 4.78 is 14.0. The summed E-state index contributed by atoms with van der Waals surface area (Å²) >= 11 is 4.55. The Morgan fingerprint density at radius 2 is 2.31 bits per heavy atom. The topological polar surface area (TPSA) is 33.1 Å². The normalized spacial score (nSPS) is 12.7. The highest BCUT2D eigenvalue weighted by Crippen LogP contribution is 2.26. The minimum Gasteiger partial charge on any atom is -0.388 e. The average molecular weight is 302 g/mol. The SMILES string of the molecule is OC(Cc1cncs1)c1cccc(Br)c1F. The molecule has 2 rings (SSSR count). The van der Waals surface area contributed by atoms with E-state index in [1.165, 1.54) is 11.3 Å². The number of halogens is 2. The van der Waals surface area contributed by atoms with Gasteiger partial charge in [-0.25, -0.2) is 4.39 Å². The van der Waals surface area contributed by atoms with Gasteiger partial charge in [-0.05, 0) is 22.0 Å². The molecule has 0 aliphatic heterocycles. The predicted octanol–water partition coefficient (Wildman–Crippen LogP) is 3.32. The minimum absolute atomic E-state index is 0.308. The first kappa shape index (κ1) is 11.7. The number of hydrogen-bond donors (Lipinski definition) is 1. The summed E-state index contributed by atoms with van der Waals surface area (Å²) in [6.07, 6.45) is 1.24. The largest absolute Gasteiger partial charge is 0.388 e. The van der Waals surface area contributed by atoms with E-state index in [2.05, 4.69) is 20.9 Å². The summed E-state index contributed by atoms with van der Waals surface area (Å²) in [6.45, 7) is 0. The maximum Gasteiger partial charge on any atom is 0.143 e. The van der Waals surface area contributed by atoms with Gasteiger partial charge in [-0.1, -0.05) is 12.1 Å². The van der Waals surface area contributed by atoms with Crippen molar-refractivity contribution in [2.24, 2.45) is 0 Å². The van der Waals surface area contributed by atoms with E-state index < -0.39 is 11.9 Å². The molecule has 1 unspecified atom stereocenters. The molecule has 0 aliphatic rings. The summed E-state index contributed by atoms with van der Waals surface area (Å²) in [5.74, 6) is -0.403. The van der Waals surface area contributed by atoms with E-state index in [-0.39, 0.29) is 0 Å². The summed E-state index contributed by atoms with van der Waals surface area (Å²) in [6, 6.07) is 4.91. The van der Waals surface area contributed by atoms with Crippen molar-refractivity contribution in [1.29, 1.82) is 0 Å². The molecule has 0 saturated heterocycles. The first-order valence-electron chi connectivity index (χ1n) is 4.68. The van der Waals surface area contributed by atoms with Gasteiger partial charge in [0, 0.05) is 23.1 Å². The number of aromatic nitrogens is 1. The van der Waals surface area contributed by atoms with Gasteiger partial charge in [-0.15, -0.1) is 11.3 Å². The van der Waals surface area contributed by atoms with Gasteiger partial charge in [0.25, 0.3) is 0 Å². The van der Waals surface area contributed by atoms with E-state index in [4.69, 9.17) is 0 Å². The van der Waals surface area contributed by atoms with Crippen molar-refractivity contribution in [3.05, 3.63) is 50.6 Å². The first-order valence-corrected chi connectivity index (χ1v) is 6.35. The Morgan fingerprint density at radius 1 is 1.50 bits per heavy atom. The van der Waals surface area contributed by atoms with Crippen LogP contribution in [0.15, 0.2) is 34.4 Å². The van der Waals surface area contributed by atoms with Gasteiger partial charge < -0.3 is 5.11 Å². The van der Waals surface area contributed by atoms with Crippen molar-refractivity contribution in [3.8, 4) is 0 Å². The smallest absolute Gasteiger partial charge is 0.143 e. The second-order valence-corrected chi connectivity index (χ2v) is 5.16. The van der Waals surface area contributed by atoms with E-state index in [1.807, 2.05) is 0 Å². The number of aliphatic hydroxyl groups excluding tert-OH is 1. The lowest BCUT2D eigenvalue weighted by atomic mass is 10.1.